The number of ether oxygens (including phenoxy) is 3. The molecule has 2 aromatic rings. The normalized spacial score (nSPS) is 13.1. The number of benzene rings is 2. The van der Waals surface area contributed by atoms with Gasteiger partial charge in [0.2, 0.25) is 0 Å². The molecule has 3 rings (SSSR count). The van der Waals surface area contributed by atoms with Gasteiger partial charge in [0.15, 0.2) is 17.5 Å². The number of aryl methyl sites for hydroxylation is 1. The lowest BCUT2D eigenvalue weighted by molar-refractivity contribution is 0.297. The van der Waals surface area contributed by atoms with Crippen LogP contribution in [0.25, 0.3) is 0 Å². The Kier molecular flexibility index (Phi) is 9.37. The summed E-state index contributed by atoms with van der Waals surface area (Å²) in [4.78, 5) is 4.70. The average Bonchev–Trinajstić information content (AvgIpc) is 2.95. The van der Waals surface area contributed by atoms with Gasteiger partial charge in [-0.3, -0.25) is 0 Å². The summed E-state index contributed by atoms with van der Waals surface area (Å²) in [6.45, 7) is 7.47. The molecule has 0 spiro atoms. The van der Waals surface area contributed by atoms with Crippen LogP contribution in [0.1, 0.15) is 30.0 Å². The zero-order valence-corrected chi connectivity index (χ0v) is 19.6. The van der Waals surface area contributed by atoms with Gasteiger partial charge in [-0.05, 0) is 43.2 Å². The van der Waals surface area contributed by atoms with Crippen molar-refractivity contribution in [3.63, 3.8) is 0 Å². The van der Waals surface area contributed by atoms with E-state index < -0.39 is 0 Å². The minimum Gasteiger partial charge on any atom is -0.496 e. The Morgan fingerprint density at radius 3 is 2.62 bits per heavy atom. The molecule has 0 radical (unpaired) electrons. The van der Waals surface area contributed by atoms with E-state index in [9.17, 15) is 0 Å². The summed E-state index contributed by atoms with van der Waals surface area (Å²) < 4.78 is 16.9. The highest BCUT2D eigenvalue weighted by atomic mass is 127. The number of hydrogen-bond donors (Lipinski definition) is 2. The van der Waals surface area contributed by atoms with Crippen molar-refractivity contribution in [2.45, 2.75) is 33.4 Å². The number of methoxy groups -OCH3 is 1. The second kappa shape index (κ2) is 11.7. The van der Waals surface area contributed by atoms with Crippen LogP contribution in [0.5, 0.6) is 17.2 Å². The number of nitrogens with zero attached hydrogens (tertiary/aromatic N) is 1. The van der Waals surface area contributed by atoms with Gasteiger partial charge in [-0.2, -0.15) is 0 Å². The molecule has 1 aliphatic heterocycles. The SMILES string of the molecule is CCNC(=NCc1ccc2c(c1)OCCCO2)NCc1ccc(C)cc1OC.I. The Morgan fingerprint density at radius 1 is 1.07 bits per heavy atom. The maximum atomic E-state index is 5.77. The van der Waals surface area contributed by atoms with Crippen LogP contribution in [0.4, 0.5) is 0 Å². The summed E-state index contributed by atoms with van der Waals surface area (Å²) in [6.07, 6.45) is 0.902. The molecule has 0 saturated carbocycles. The second-order valence-electron chi connectivity index (χ2n) is 6.70. The topological polar surface area (TPSA) is 64.1 Å². The van der Waals surface area contributed by atoms with Crippen LogP contribution in [-0.2, 0) is 13.1 Å². The molecule has 158 valence electrons. The molecule has 7 heteroatoms. The van der Waals surface area contributed by atoms with Crippen molar-refractivity contribution in [1.82, 2.24) is 10.6 Å². The summed E-state index contributed by atoms with van der Waals surface area (Å²) in [5.41, 5.74) is 3.35. The fraction of sp³-hybridized carbons (Fsp3) is 0.409. The van der Waals surface area contributed by atoms with Crippen molar-refractivity contribution < 1.29 is 14.2 Å². The molecule has 2 N–H and O–H groups in total. The van der Waals surface area contributed by atoms with E-state index in [1.807, 2.05) is 24.3 Å². The van der Waals surface area contributed by atoms with E-state index in [0.717, 1.165) is 47.3 Å². The molecule has 0 atom stereocenters. The smallest absolute Gasteiger partial charge is 0.191 e. The second-order valence-corrected chi connectivity index (χ2v) is 6.70. The van der Waals surface area contributed by atoms with Crippen LogP contribution in [-0.4, -0.2) is 32.8 Å². The largest absolute Gasteiger partial charge is 0.496 e. The van der Waals surface area contributed by atoms with Crippen molar-refractivity contribution in [1.29, 1.82) is 0 Å². The zero-order valence-electron chi connectivity index (χ0n) is 17.3. The molecule has 1 heterocycles. The Hall–Kier alpha value is -2.16. The fourth-order valence-corrected chi connectivity index (χ4v) is 2.99. The summed E-state index contributed by atoms with van der Waals surface area (Å²) in [5.74, 6) is 3.25. The molecular formula is C22H30IN3O3. The lowest BCUT2D eigenvalue weighted by Gasteiger charge is -2.14. The third kappa shape index (κ3) is 6.69. The van der Waals surface area contributed by atoms with E-state index in [2.05, 4.69) is 36.6 Å². The van der Waals surface area contributed by atoms with E-state index in [1.54, 1.807) is 7.11 Å². The number of aliphatic imine (C=N–C) groups is 1. The van der Waals surface area contributed by atoms with Gasteiger partial charge in [-0.1, -0.05) is 18.2 Å². The van der Waals surface area contributed by atoms with Gasteiger partial charge in [0, 0.05) is 25.1 Å². The number of halogens is 1. The van der Waals surface area contributed by atoms with Gasteiger partial charge in [0.1, 0.15) is 5.75 Å². The van der Waals surface area contributed by atoms with E-state index in [1.165, 1.54) is 5.56 Å². The number of rotatable bonds is 6. The number of guanidine groups is 1. The summed E-state index contributed by atoms with van der Waals surface area (Å²) >= 11 is 0. The Balaban J connectivity index is 0.00000300. The van der Waals surface area contributed by atoms with Gasteiger partial charge in [-0.15, -0.1) is 24.0 Å². The first-order chi connectivity index (χ1) is 13.7. The minimum atomic E-state index is 0. The molecular weight excluding hydrogens is 481 g/mol. The number of hydrogen-bond acceptors (Lipinski definition) is 4. The monoisotopic (exact) mass is 511 g/mol. The Morgan fingerprint density at radius 2 is 1.86 bits per heavy atom. The van der Waals surface area contributed by atoms with Crippen molar-refractivity contribution in [3.05, 3.63) is 53.1 Å². The van der Waals surface area contributed by atoms with Crippen molar-refractivity contribution in [2.75, 3.05) is 26.9 Å². The van der Waals surface area contributed by atoms with Gasteiger partial charge < -0.3 is 24.8 Å². The highest BCUT2D eigenvalue weighted by Gasteiger charge is 2.11. The highest BCUT2D eigenvalue weighted by Crippen LogP contribution is 2.30. The quantitative estimate of drug-likeness (QED) is 0.348. The van der Waals surface area contributed by atoms with E-state index in [4.69, 9.17) is 19.2 Å². The molecule has 0 saturated heterocycles. The van der Waals surface area contributed by atoms with Crippen LogP contribution in [0.15, 0.2) is 41.4 Å². The molecule has 0 aliphatic carbocycles. The van der Waals surface area contributed by atoms with E-state index in [-0.39, 0.29) is 24.0 Å². The predicted octanol–water partition coefficient (Wildman–Crippen LogP) is 4.04. The van der Waals surface area contributed by atoms with Crippen molar-refractivity contribution >= 4 is 29.9 Å². The van der Waals surface area contributed by atoms with Crippen molar-refractivity contribution in [3.8, 4) is 17.2 Å². The molecule has 29 heavy (non-hydrogen) atoms. The van der Waals surface area contributed by atoms with Gasteiger partial charge >= 0.3 is 0 Å². The Labute approximate surface area is 190 Å². The van der Waals surface area contributed by atoms with Crippen LogP contribution < -0.4 is 24.8 Å². The molecule has 0 amide bonds. The standard InChI is InChI=1S/C22H29N3O3.HI/c1-4-23-22(25-15-18-8-6-16(2)12-20(18)26-3)24-14-17-7-9-19-21(13-17)28-11-5-10-27-19;/h6-9,12-13H,4-5,10-11,14-15H2,1-3H3,(H2,23,24,25);1H. The first-order valence-corrected chi connectivity index (χ1v) is 9.74. The van der Waals surface area contributed by atoms with Gasteiger partial charge in [-0.25, -0.2) is 4.99 Å². The third-order valence-corrected chi connectivity index (χ3v) is 4.46. The maximum absolute atomic E-state index is 5.77. The summed E-state index contributed by atoms with van der Waals surface area (Å²) in [6, 6.07) is 12.2. The van der Waals surface area contributed by atoms with E-state index in [0.29, 0.717) is 26.3 Å². The third-order valence-electron chi connectivity index (χ3n) is 4.46. The Bertz CT molecular complexity index is 827. The highest BCUT2D eigenvalue weighted by molar-refractivity contribution is 14.0. The summed E-state index contributed by atoms with van der Waals surface area (Å²) in [7, 11) is 1.70. The number of fused-ring (bicyclic) bond motifs is 1. The lowest BCUT2D eigenvalue weighted by atomic mass is 10.1. The minimum absolute atomic E-state index is 0. The molecule has 0 fully saturated rings. The molecule has 0 unspecified atom stereocenters. The average molecular weight is 511 g/mol. The van der Waals surface area contributed by atoms with Gasteiger partial charge in [0.05, 0.1) is 26.9 Å². The zero-order chi connectivity index (χ0) is 19.8. The van der Waals surface area contributed by atoms with Crippen LogP contribution in [0.2, 0.25) is 0 Å². The van der Waals surface area contributed by atoms with Crippen LogP contribution >= 0.6 is 24.0 Å². The molecule has 0 bridgehead atoms. The molecule has 1 aliphatic rings. The first kappa shape index (κ1) is 23.1. The van der Waals surface area contributed by atoms with E-state index >= 15 is 0 Å². The van der Waals surface area contributed by atoms with Crippen LogP contribution in [0.3, 0.4) is 0 Å². The summed E-state index contributed by atoms with van der Waals surface area (Å²) in [5, 5.41) is 6.66. The molecule has 6 nitrogen and oxygen atoms in total. The maximum Gasteiger partial charge on any atom is 0.191 e. The molecule has 2 aromatic carbocycles. The molecule has 0 aromatic heterocycles. The van der Waals surface area contributed by atoms with Crippen molar-refractivity contribution in [2.24, 2.45) is 4.99 Å². The fourth-order valence-electron chi connectivity index (χ4n) is 2.99. The first-order valence-electron chi connectivity index (χ1n) is 9.74. The lowest BCUT2D eigenvalue weighted by Crippen LogP contribution is -2.36. The predicted molar refractivity (Wildman–Crippen MR) is 127 cm³/mol. The van der Waals surface area contributed by atoms with Crippen LogP contribution in [0, 0.1) is 6.92 Å². The van der Waals surface area contributed by atoms with Gasteiger partial charge in [0.25, 0.3) is 0 Å². The number of nitrogens with one attached hydrogen (secondary N) is 2.